The minimum absolute atomic E-state index is 0.220. The van der Waals surface area contributed by atoms with Crippen molar-refractivity contribution in [3.05, 3.63) is 46.7 Å². The van der Waals surface area contributed by atoms with Gasteiger partial charge in [-0.25, -0.2) is 0 Å². The molecule has 0 spiro atoms. The first kappa shape index (κ1) is 9.44. The van der Waals surface area contributed by atoms with Crippen LogP contribution < -0.4 is 0 Å². The van der Waals surface area contributed by atoms with Crippen LogP contribution in [0.25, 0.3) is 11.1 Å². The Bertz CT molecular complexity index is 375. The number of benzene rings is 1. The molecule has 1 aromatic heterocycles. The standard InChI is InChI=1S/C12H12OS/c13-7-5-10-1-3-11(4-2-10)12-6-8-14-9-12/h1-4,6,8-9,13H,5,7H2. The molecule has 0 unspecified atom stereocenters. The maximum Gasteiger partial charge on any atom is 0.0471 e. The maximum atomic E-state index is 8.77. The summed E-state index contributed by atoms with van der Waals surface area (Å²) >= 11 is 1.71. The Hall–Kier alpha value is -1.12. The first-order chi connectivity index (χ1) is 6.90. The molecule has 2 heteroatoms. The highest BCUT2D eigenvalue weighted by atomic mass is 32.1. The monoisotopic (exact) mass is 204 g/mol. The molecular weight excluding hydrogens is 192 g/mol. The van der Waals surface area contributed by atoms with Gasteiger partial charge in [-0.1, -0.05) is 24.3 Å². The predicted molar refractivity (Wildman–Crippen MR) is 60.5 cm³/mol. The van der Waals surface area contributed by atoms with Gasteiger partial charge in [0, 0.05) is 6.61 Å². The second-order valence-corrected chi connectivity index (χ2v) is 3.96. The summed E-state index contributed by atoms with van der Waals surface area (Å²) in [6.07, 6.45) is 0.740. The molecule has 1 nitrogen and oxygen atoms in total. The fourth-order valence-electron chi connectivity index (χ4n) is 1.42. The fraction of sp³-hybridized carbons (Fsp3) is 0.167. The Morgan fingerprint density at radius 1 is 1.00 bits per heavy atom. The van der Waals surface area contributed by atoms with E-state index in [0.29, 0.717) is 0 Å². The Balaban J connectivity index is 2.22. The second-order valence-electron chi connectivity index (χ2n) is 3.18. The molecule has 14 heavy (non-hydrogen) atoms. The number of aliphatic hydroxyl groups excluding tert-OH is 1. The third kappa shape index (κ3) is 2.03. The van der Waals surface area contributed by atoms with Gasteiger partial charge >= 0.3 is 0 Å². The van der Waals surface area contributed by atoms with Crippen molar-refractivity contribution in [3.63, 3.8) is 0 Å². The molecule has 2 rings (SSSR count). The smallest absolute Gasteiger partial charge is 0.0471 e. The number of hydrogen-bond acceptors (Lipinski definition) is 2. The molecule has 0 saturated heterocycles. The first-order valence-electron chi connectivity index (χ1n) is 4.62. The topological polar surface area (TPSA) is 20.2 Å². The molecule has 1 N–H and O–H groups in total. The van der Waals surface area contributed by atoms with E-state index in [0.717, 1.165) is 6.42 Å². The van der Waals surface area contributed by atoms with E-state index in [2.05, 4.69) is 41.1 Å². The van der Waals surface area contributed by atoms with Crippen molar-refractivity contribution in [2.24, 2.45) is 0 Å². The van der Waals surface area contributed by atoms with Gasteiger partial charge in [-0.2, -0.15) is 11.3 Å². The lowest BCUT2D eigenvalue weighted by Gasteiger charge is -2.00. The molecule has 0 atom stereocenters. The Kier molecular flexibility index (Phi) is 2.96. The zero-order chi connectivity index (χ0) is 9.80. The SMILES string of the molecule is OCCc1ccc(-c2ccsc2)cc1. The molecule has 2 aromatic rings. The molecule has 1 heterocycles. The van der Waals surface area contributed by atoms with Gasteiger partial charge in [0.25, 0.3) is 0 Å². The molecule has 72 valence electrons. The second kappa shape index (κ2) is 4.40. The Morgan fingerprint density at radius 2 is 1.79 bits per heavy atom. The largest absolute Gasteiger partial charge is 0.396 e. The molecule has 0 bridgehead atoms. The lowest BCUT2D eigenvalue weighted by atomic mass is 10.1. The summed E-state index contributed by atoms with van der Waals surface area (Å²) in [5, 5.41) is 13.0. The molecule has 0 aliphatic carbocycles. The van der Waals surface area contributed by atoms with Crippen molar-refractivity contribution in [1.82, 2.24) is 0 Å². The molecule has 1 aromatic carbocycles. The summed E-state index contributed by atoms with van der Waals surface area (Å²) in [5.41, 5.74) is 3.70. The van der Waals surface area contributed by atoms with Crippen molar-refractivity contribution in [3.8, 4) is 11.1 Å². The fourth-order valence-corrected chi connectivity index (χ4v) is 2.09. The van der Waals surface area contributed by atoms with Gasteiger partial charge in [0.05, 0.1) is 0 Å². The van der Waals surface area contributed by atoms with E-state index in [9.17, 15) is 0 Å². The van der Waals surface area contributed by atoms with Gasteiger partial charge in [-0.3, -0.25) is 0 Å². The van der Waals surface area contributed by atoms with Gasteiger partial charge in [-0.15, -0.1) is 0 Å². The minimum atomic E-state index is 0.220. The van der Waals surface area contributed by atoms with Crippen LogP contribution in [0, 0.1) is 0 Å². The van der Waals surface area contributed by atoms with Gasteiger partial charge in [-0.05, 0) is 39.9 Å². The Morgan fingerprint density at radius 3 is 2.36 bits per heavy atom. The van der Waals surface area contributed by atoms with Crippen molar-refractivity contribution in [2.75, 3.05) is 6.61 Å². The van der Waals surface area contributed by atoms with Gasteiger partial charge in [0.15, 0.2) is 0 Å². The molecule has 0 aliphatic heterocycles. The molecule has 0 saturated carbocycles. The maximum absolute atomic E-state index is 8.77. The van der Waals surface area contributed by atoms with Crippen LogP contribution in [0.3, 0.4) is 0 Å². The highest BCUT2D eigenvalue weighted by Crippen LogP contribution is 2.22. The third-order valence-corrected chi connectivity index (χ3v) is 2.89. The highest BCUT2D eigenvalue weighted by molar-refractivity contribution is 7.08. The van der Waals surface area contributed by atoms with Crippen molar-refractivity contribution in [2.45, 2.75) is 6.42 Å². The van der Waals surface area contributed by atoms with E-state index in [1.807, 2.05) is 0 Å². The van der Waals surface area contributed by atoms with Gasteiger partial charge < -0.3 is 5.11 Å². The number of rotatable bonds is 3. The van der Waals surface area contributed by atoms with E-state index in [1.54, 1.807) is 11.3 Å². The average molecular weight is 204 g/mol. The van der Waals surface area contributed by atoms with Gasteiger partial charge in [0.2, 0.25) is 0 Å². The van der Waals surface area contributed by atoms with Crippen LogP contribution in [0.15, 0.2) is 41.1 Å². The molecule has 0 radical (unpaired) electrons. The van der Waals surface area contributed by atoms with Crippen LogP contribution in [0.1, 0.15) is 5.56 Å². The number of aliphatic hydroxyl groups is 1. The van der Waals surface area contributed by atoms with E-state index < -0.39 is 0 Å². The summed E-state index contributed by atoms with van der Waals surface area (Å²) < 4.78 is 0. The molecule has 0 fully saturated rings. The summed E-state index contributed by atoms with van der Waals surface area (Å²) in [5.74, 6) is 0. The van der Waals surface area contributed by atoms with Crippen molar-refractivity contribution < 1.29 is 5.11 Å². The lowest BCUT2D eigenvalue weighted by molar-refractivity contribution is 0.299. The zero-order valence-electron chi connectivity index (χ0n) is 7.81. The zero-order valence-corrected chi connectivity index (χ0v) is 8.63. The molecular formula is C12H12OS. The Labute approximate surface area is 87.7 Å². The quantitative estimate of drug-likeness (QED) is 0.815. The van der Waals surface area contributed by atoms with Crippen LogP contribution in [0.5, 0.6) is 0 Å². The first-order valence-corrected chi connectivity index (χ1v) is 5.57. The van der Waals surface area contributed by atoms with E-state index in [4.69, 9.17) is 5.11 Å². The minimum Gasteiger partial charge on any atom is -0.396 e. The third-order valence-electron chi connectivity index (χ3n) is 2.21. The molecule has 0 aliphatic rings. The summed E-state index contributed by atoms with van der Waals surface area (Å²) in [7, 11) is 0. The van der Waals surface area contributed by atoms with E-state index >= 15 is 0 Å². The average Bonchev–Trinajstić information content (AvgIpc) is 2.72. The predicted octanol–water partition coefficient (Wildman–Crippen LogP) is 2.95. The summed E-state index contributed by atoms with van der Waals surface area (Å²) in [4.78, 5) is 0. The lowest BCUT2D eigenvalue weighted by Crippen LogP contribution is -1.89. The van der Waals surface area contributed by atoms with Gasteiger partial charge in [0.1, 0.15) is 0 Å². The van der Waals surface area contributed by atoms with Crippen LogP contribution in [0.4, 0.5) is 0 Å². The summed E-state index contributed by atoms with van der Waals surface area (Å²) in [6.45, 7) is 0.220. The number of hydrogen-bond donors (Lipinski definition) is 1. The summed E-state index contributed by atoms with van der Waals surface area (Å²) in [6, 6.07) is 10.5. The van der Waals surface area contributed by atoms with Crippen LogP contribution in [0.2, 0.25) is 0 Å². The number of thiophene rings is 1. The van der Waals surface area contributed by atoms with Crippen LogP contribution >= 0.6 is 11.3 Å². The van der Waals surface area contributed by atoms with Crippen molar-refractivity contribution >= 4 is 11.3 Å². The normalized spacial score (nSPS) is 10.4. The molecule has 0 amide bonds. The van der Waals surface area contributed by atoms with E-state index in [1.165, 1.54) is 16.7 Å². The highest BCUT2D eigenvalue weighted by Gasteiger charge is 1.97. The van der Waals surface area contributed by atoms with Crippen LogP contribution in [-0.4, -0.2) is 11.7 Å². The van der Waals surface area contributed by atoms with Crippen LogP contribution in [-0.2, 0) is 6.42 Å². The van der Waals surface area contributed by atoms with Crippen molar-refractivity contribution in [1.29, 1.82) is 0 Å². The van der Waals surface area contributed by atoms with E-state index in [-0.39, 0.29) is 6.61 Å².